The summed E-state index contributed by atoms with van der Waals surface area (Å²) in [4.78, 5) is 75.8. The van der Waals surface area contributed by atoms with Gasteiger partial charge in [0, 0.05) is 22.3 Å². The lowest BCUT2D eigenvalue weighted by atomic mass is 9.96. The van der Waals surface area contributed by atoms with Gasteiger partial charge in [-0.2, -0.15) is 0 Å². The maximum Gasteiger partial charge on any atom is 0.347 e. The van der Waals surface area contributed by atoms with Crippen molar-refractivity contribution in [3.63, 3.8) is 0 Å². The van der Waals surface area contributed by atoms with Crippen LogP contribution in [0.1, 0.15) is 82.5 Å². The van der Waals surface area contributed by atoms with Crippen molar-refractivity contribution in [1.82, 2.24) is 0 Å². The molecule has 4 aromatic rings. The van der Waals surface area contributed by atoms with Gasteiger partial charge in [0.2, 0.25) is 0 Å². The predicted octanol–water partition coefficient (Wildman–Crippen LogP) is 6.01. The van der Waals surface area contributed by atoms with Crippen molar-refractivity contribution in [2.45, 2.75) is 51.7 Å². The van der Waals surface area contributed by atoms with Crippen LogP contribution in [0.3, 0.4) is 0 Å². The second kappa shape index (κ2) is 17.5. The molecule has 0 aliphatic carbocycles. The van der Waals surface area contributed by atoms with Gasteiger partial charge in [0.1, 0.15) is 13.2 Å². The number of hydrogen-bond acceptors (Lipinski definition) is 10. The van der Waals surface area contributed by atoms with Crippen LogP contribution in [0.5, 0.6) is 0 Å². The van der Waals surface area contributed by atoms with Crippen molar-refractivity contribution in [2.24, 2.45) is 0 Å². The van der Waals surface area contributed by atoms with Crippen LogP contribution >= 0.6 is 0 Å². The molecule has 0 saturated heterocycles. The number of esters is 4. The van der Waals surface area contributed by atoms with Crippen molar-refractivity contribution < 1.29 is 47.7 Å². The van der Waals surface area contributed by atoms with E-state index in [0.29, 0.717) is 33.4 Å². The van der Waals surface area contributed by atoms with E-state index < -0.39 is 47.9 Å². The van der Waals surface area contributed by atoms with E-state index in [2.05, 4.69) is 0 Å². The molecule has 0 radical (unpaired) electrons. The minimum atomic E-state index is -1.25. The number of carbonyl (C=O) groups is 6. The maximum absolute atomic E-state index is 12.8. The molecule has 0 aromatic heterocycles. The summed E-state index contributed by atoms with van der Waals surface area (Å²) in [6, 6.07) is 30.8. The number of benzene rings is 4. The van der Waals surface area contributed by atoms with Gasteiger partial charge in [-0.1, -0.05) is 103 Å². The van der Waals surface area contributed by atoms with Crippen LogP contribution in [0.2, 0.25) is 0 Å². The first-order valence-electron chi connectivity index (χ1n) is 16.1. The van der Waals surface area contributed by atoms with E-state index in [9.17, 15) is 28.8 Å². The monoisotopic (exact) mass is 678 g/mol. The highest BCUT2D eigenvalue weighted by Gasteiger charge is 2.26. The molecule has 258 valence electrons. The molecule has 0 amide bonds. The Morgan fingerprint density at radius 1 is 0.440 bits per heavy atom. The molecule has 50 heavy (non-hydrogen) atoms. The molecule has 10 nitrogen and oxygen atoms in total. The third-order valence-corrected chi connectivity index (χ3v) is 7.92. The summed E-state index contributed by atoms with van der Waals surface area (Å²) in [5, 5.41) is 0. The van der Waals surface area contributed by atoms with Crippen LogP contribution in [-0.2, 0) is 38.1 Å². The number of hydrogen-bond donors (Lipinski definition) is 0. The fourth-order valence-corrected chi connectivity index (χ4v) is 4.83. The zero-order chi connectivity index (χ0) is 36.2. The number of rotatable bonds is 15. The first-order valence-corrected chi connectivity index (χ1v) is 16.1. The van der Waals surface area contributed by atoms with E-state index in [1.807, 2.05) is 12.1 Å². The molecule has 4 aromatic carbocycles. The van der Waals surface area contributed by atoms with Crippen LogP contribution in [0.25, 0.3) is 0 Å². The summed E-state index contributed by atoms with van der Waals surface area (Å²) in [6.45, 7) is 5.29. The standard InChI is InChI=1S/C40H38O10/c1-25(29-18-20-32(21-19-29)35(41)30-12-7-5-8-13-30)37(43)49-27(3)39(45)47-22-23-48-40(46)28(4)50-38(44)26(2)33-16-11-17-34(24-33)36(42)31-14-9-6-10-15-31/h5-21,24-28H,22-23H2,1-4H3/t25-,26+,27+,28+/m1/s1. The molecule has 0 unspecified atom stereocenters. The van der Waals surface area contributed by atoms with E-state index in [1.54, 1.807) is 111 Å². The van der Waals surface area contributed by atoms with Crippen LogP contribution in [0.15, 0.2) is 109 Å². The third kappa shape index (κ3) is 9.82. The highest BCUT2D eigenvalue weighted by Crippen LogP contribution is 2.22. The Morgan fingerprint density at radius 2 is 0.840 bits per heavy atom. The summed E-state index contributed by atoms with van der Waals surface area (Å²) in [5.74, 6) is -4.87. The van der Waals surface area contributed by atoms with Crippen molar-refractivity contribution in [1.29, 1.82) is 0 Å². The largest absolute Gasteiger partial charge is 0.459 e. The molecule has 10 heteroatoms. The van der Waals surface area contributed by atoms with Gasteiger partial charge < -0.3 is 18.9 Å². The van der Waals surface area contributed by atoms with Gasteiger partial charge in [-0.3, -0.25) is 19.2 Å². The van der Waals surface area contributed by atoms with E-state index >= 15 is 0 Å². The van der Waals surface area contributed by atoms with Crippen molar-refractivity contribution >= 4 is 35.4 Å². The van der Waals surface area contributed by atoms with E-state index in [1.165, 1.54) is 13.8 Å². The molecule has 0 N–H and O–H groups in total. The van der Waals surface area contributed by atoms with E-state index in [-0.39, 0.29) is 24.8 Å². The summed E-state index contributed by atoms with van der Waals surface area (Å²) in [5.41, 5.74) is 3.10. The van der Waals surface area contributed by atoms with Crippen LogP contribution in [0, 0.1) is 0 Å². The molecule has 0 bridgehead atoms. The normalized spacial score (nSPS) is 13.1. The molecular formula is C40H38O10. The third-order valence-electron chi connectivity index (χ3n) is 7.92. The predicted molar refractivity (Wildman–Crippen MR) is 182 cm³/mol. The minimum Gasteiger partial charge on any atom is -0.459 e. The Hall–Kier alpha value is -5.90. The molecule has 4 rings (SSSR count). The average molecular weight is 679 g/mol. The topological polar surface area (TPSA) is 139 Å². The zero-order valence-corrected chi connectivity index (χ0v) is 28.2. The lowest BCUT2D eigenvalue weighted by Crippen LogP contribution is -2.31. The second-order valence-corrected chi connectivity index (χ2v) is 11.6. The SMILES string of the molecule is C[C@H](OC(=O)[C@@H](C)c1cccc(C(=O)c2ccccc2)c1)C(=O)OCCOC(=O)[C@H](C)OC(=O)[C@H](C)c1ccc(C(=O)c2ccccc2)cc1. The van der Waals surface area contributed by atoms with Crippen LogP contribution < -0.4 is 0 Å². The Kier molecular flexibility index (Phi) is 12.9. The first kappa shape index (κ1) is 36.9. The number of ether oxygens (including phenoxy) is 4. The van der Waals surface area contributed by atoms with Gasteiger partial charge >= 0.3 is 23.9 Å². The smallest absolute Gasteiger partial charge is 0.347 e. The Labute approximate surface area is 290 Å². The van der Waals surface area contributed by atoms with E-state index in [4.69, 9.17) is 18.9 Å². The summed E-state index contributed by atoms with van der Waals surface area (Å²) >= 11 is 0. The molecule has 0 fully saturated rings. The molecule has 4 atom stereocenters. The highest BCUT2D eigenvalue weighted by molar-refractivity contribution is 6.09. The lowest BCUT2D eigenvalue weighted by molar-refractivity contribution is -0.172. The quantitative estimate of drug-likeness (QED) is 0.0636. The lowest BCUT2D eigenvalue weighted by Gasteiger charge is -2.18. The zero-order valence-electron chi connectivity index (χ0n) is 28.2. The van der Waals surface area contributed by atoms with Gasteiger partial charge in [-0.15, -0.1) is 0 Å². The molecule has 0 spiro atoms. The molecule has 0 saturated carbocycles. The van der Waals surface area contributed by atoms with Gasteiger partial charge in [0.15, 0.2) is 23.8 Å². The molecule has 0 heterocycles. The summed E-state index contributed by atoms with van der Waals surface area (Å²) < 4.78 is 20.7. The summed E-state index contributed by atoms with van der Waals surface area (Å²) in [6.07, 6.45) is -2.48. The molecule has 0 aliphatic heterocycles. The van der Waals surface area contributed by atoms with Crippen LogP contribution in [-0.4, -0.2) is 60.9 Å². The van der Waals surface area contributed by atoms with E-state index in [0.717, 1.165) is 0 Å². The fourth-order valence-electron chi connectivity index (χ4n) is 4.83. The number of carbonyl (C=O) groups excluding carboxylic acids is 6. The highest BCUT2D eigenvalue weighted by atomic mass is 16.6. The minimum absolute atomic E-state index is 0.143. The average Bonchev–Trinajstić information content (AvgIpc) is 3.15. The van der Waals surface area contributed by atoms with Crippen molar-refractivity contribution in [3.8, 4) is 0 Å². The fraction of sp³-hybridized carbons (Fsp3) is 0.250. The summed E-state index contributed by atoms with van der Waals surface area (Å²) in [7, 11) is 0. The number of ketones is 2. The molecular weight excluding hydrogens is 640 g/mol. The molecule has 0 aliphatic rings. The first-order chi connectivity index (χ1) is 24.0. The Morgan fingerprint density at radius 3 is 1.32 bits per heavy atom. The van der Waals surface area contributed by atoms with Gasteiger partial charge in [0.05, 0.1) is 11.8 Å². The Balaban J connectivity index is 1.17. The van der Waals surface area contributed by atoms with Gasteiger partial charge in [-0.25, -0.2) is 9.59 Å². The van der Waals surface area contributed by atoms with Crippen LogP contribution in [0.4, 0.5) is 0 Å². The Bertz CT molecular complexity index is 1820. The van der Waals surface area contributed by atoms with Crippen molar-refractivity contribution in [3.05, 3.63) is 143 Å². The van der Waals surface area contributed by atoms with Crippen molar-refractivity contribution in [2.75, 3.05) is 13.2 Å². The van der Waals surface area contributed by atoms with Gasteiger partial charge in [0.25, 0.3) is 0 Å². The van der Waals surface area contributed by atoms with Gasteiger partial charge in [-0.05, 0) is 44.9 Å². The maximum atomic E-state index is 12.8. The second-order valence-electron chi connectivity index (χ2n) is 11.6.